The normalized spacial score (nSPS) is 17.4. The molecule has 1 atom stereocenters. The lowest BCUT2D eigenvalue weighted by atomic mass is 10.0. The fourth-order valence-corrected chi connectivity index (χ4v) is 5.51. The van der Waals surface area contributed by atoms with Gasteiger partial charge < -0.3 is 29.9 Å². The number of halogens is 3. The van der Waals surface area contributed by atoms with Crippen molar-refractivity contribution in [2.75, 3.05) is 39.1 Å². The fraction of sp³-hybridized carbons (Fsp3) is 0.419. The number of ether oxygens (including phenoxy) is 2. The van der Waals surface area contributed by atoms with E-state index in [4.69, 9.17) is 9.47 Å². The molecule has 13 heteroatoms. The van der Waals surface area contributed by atoms with E-state index in [9.17, 15) is 22.8 Å². The molecule has 0 bridgehead atoms. The second-order valence-corrected chi connectivity index (χ2v) is 11.0. The first-order valence-electron chi connectivity index (χ1n) is 14.5. The molecule has 2 N–H and O–H groups in total. The highest BCUT2D eigenvalue weighted by Crippen LogP contribution is 2.42. The zero-order chi connectivity index (χ0) is 31.6. The van der Waals surface area contributed by atoms with Gasteiger partial charge in [-0.25, -0.2) is 4.98 Å². The number of piperidine rings is 1. The highest BCUT2D eigenvalue weighted by Gasteiger charge is 2.39. The molecule has 44 heavy (non-hydrogen) atoms. The maximum absolute atomic E-state index is 14.0. The summed E-state index contributed by atoms with van der Waals surface area (Å²) in [6, 6.07) is 9.36. The van der Waals surface area contributed by atoms with Gasteiger partial charge in [-0.05, 0) is 76.2 Å². The van der Waals surface area contributed by atoms with Crippen molar-refractivity contribution in [3.8, 4) is 17.4 Å². The third kappa shape index (κ3) is 6.42. The summed E-state index contributed by atoms with van der Waals surface area (Å²) in [5.41, 5.74) is 0.390. The molecule has 5 rings (SSSR count). The van der Waals surface area contributed by atoms with E-state index < -0.39 is 17.6 Å². The molecule has 10 nitrogen and oxygen atoms in total. The lowest BCUT2D eigenvalue weighted by molar-refractivity contribution is -0.139. The number of likely N-dealkylation sites (tertiary alicyclic amines) is 1. The van der Waals surface area contributed by atoms with Crippen molar-refractivity contribution in [3.63, 3.8) is 0 Å². The van der Waals surface area contributed by atoms with Crippen LogP contribution in [-0.2, 0) is 6.18 Å². The van der Waals surface area contributed by atoms with Gasteiger partial charge in [-0.3, -0.25) is 9.59 Å². The van der Waals surface area contributed by atoms with Crippen molar-refractivity contribution in [1.82, 2.24) is 25.1 Å². The average molecular weight is 613 g/mol. The topological polar surface area (TPSA) is 109 Å². The van der Waals surface area contributed by atoms with Crippen LogP contribution in [0.5, 0.6) is 17.4 Å². The summed E-state index contributed by atoms with van der Waals surface area (Å²) < 4.78 is 53.2. The van der Waals surface area contributed by atoms with E-state index in [2.05, 4.69) is 25.5 Å². The summed E-state index contributed by atoms with van der Waals surface area (Å²) in [5, 5.41) is 5.91. The van der Waals surface area contributed by atoms with E-state index in [1.54, 1.807) is 29.2 Å². The minimum atomic E-state index is -4.82. The molecular weight excluding hydrogens is 577 g/mol. The van der Waals surface area contributed by atoms with Gasteiger partial charge in [0.2, 0.25) is 11.8 Å². The molecule has 0 aliphatic carbocycles. The monoisotopic (exact) mass is 612 g/mol. The Morgan fingerprint density at radius 3 is 2.57 bits per heavy atom. The molecule has 234 valence electrons. The van der Waals surface area contributed by atoms with Gasteiger partial charge in [0.05, 0.1) is 24.4 Å². The Hall–Kier alpha value is -4.39. The Balaban J connectivity index is 1.40. The molecule has 0 spiro atoms. The zero-order valence-corrected chi connectivity index (χ0v) is 25.0. The van der Waals surface area contributed by atoms with E-state index in [1.165, 1.54) is 19.2 Å². The van der Waals surface area contributed by atoms with Crippen LogP contribution in [0.25, 0.3) is 0 Å². The molecule has 0 unspecified atom stereocenters. The molecule has 1 aromatic heterocycles. The highest BCUT2D eigenvalue weighted by molar-refractivity contribution is 6.01. The summed E-state index contributed by atoms with van der Waals surface area (Å²) in [6.07, 6.45) is -1.77. The van der Waals surface area contributed by atoms with Crippen LogP contribution in [0.2, 0.25) is 0 Å². The van der Waals surface area contributed by atoms with E-state index >= 15 is 0 Å². The summed E-state index contributed by atoms with van der Waals surface area (Å²) >= 11 is 0. The van der Waals surface area contributed by atoms with Crippen LogP contribution in [0, 0.1) is 0 Å². The second kappa shape index (κ2) is 12.7. The van der Waals surface area contributed by atoms with E-state index in [-0.39, 0.29) is 46.9 Å². The summed E-state index contributed by atoms with van der Waals surface area (Å²) in [7, 11) is 3.46. The van der Waals surface area contributed by atoms with Crippen LogP contribution in [-0.4, -0.2) is 71.4 Å². The number of nitrogens with one attached hydrogen (secondary N) is 2. The highest BCUT2D eigenvalue weighted by atomic mass is 19.4. The average Bonchev–Trinajstić information content (AvgIpc) is 3.23. The van der Waals surface area contributed by atoms with Gasteiger partial charge >= 0.3 is 6.18 Å². The maximum Gasteiger partial charge on any atom is 0.423 e. The molecule has 2 aliphatic heterocycles. The molecule has 2 amide bonds. The van der Waals surface area contributed by atoms with Gasteiger partial charge in [0.15, 0.2) is 0 Å². The van der Waals surface area contributed by atoms with Crippen molar-refractivity contribution in [1.29, 1.82) is 0 Å². The molecule has 2 aromatic carbocycles. The minimum absolute atomic E-state index is 0.0225. The molecule has 0 radical (unpaired) electrons. The molecular formula is C31H35F3N6O4. The SMILES string of the molecule is CCCN1C(=O)c2c(Oc3nc(Nc4ccc(C(=O)NC5CCN(C)CC5)cc4OC)ncc3C(F)(F)F)cccc2[C@@H]1C. The number of carbonyl (C=O) groups is 2. The lowest BCUT2D eigenvalue weighted by Crippen LogP contribution is -2.43. The first-order valence-corrected chi connectivity index (χ1v) is 14.5. The number of anilines is 2. The molecule has 2 aliphatic rings. The number of amides is 2. The Bertz CT molecular complexity index is 1540. The van der Waals surface area contributed by atoms with Gasteiger partial charge in [0.1, 0.15) is 17.1 Å². The molecule has 1 fully saturated rings. The maximum atomic E-state index is 14.0. The predicted octanol–water partition coefficient (Wildman–Crippen LogP) is 5.79. The molecule has 1 saturated heterocycles. The minimum Gasteiger partial charge on any atom is -0.495 e. The van der Waals surface area contributed by atoms with Gasteiger partial charge in [0.25, 0.3) is 11.8 Å². The number of aromatic nitrogens is 2. The largest absolute Gasteiger partial charge is 0.495 e. The van der Waals surface area contributed by atoms with Crippen LogP contribution >= 0.6 is 0 Å². The number of methoxy groups -OCH3 is 1. The number of hydrogen-bond acceptors (Lipinski definition) is 8. The molecule has 3 aromatic rings. The summed E-state index contributed by atoms with van der Waals surface area (Å²) in [5.74, 6) is -1.27. The van der Waals surface area contributed by atoms with Crippen molar-refractivity contribution in [2.45, 2.75) is 51.4 Å². The number of fused-ring (bicyclic) bond motifs is 1. The fourth-order valence-electron chi connectivity index (χ4n) is 5.51. The lowest BCUT2D eigenvalue weighted by Gasteiger charge is -2.29. The third-order valence-corrected chi connectivity index (χ3v) is 7.95. The first kappa shape index (κ1) is 31.0. The number of alkyl halides is 3. The summed E-state index contributed by atoms with van der Waals surface area (Å²) in [6.45, 7) is 6.11. The Labute approximate surface area is 253 Å². The number of benzene rings is 2. The van der Waals surface area contributed by atoms with Crippen LogP contribution in [0.3, 0.4) is 0 Å². The smallest absolute Gasteiger partial charge is 0.423 e. The quantitative estimate of drug-likeness (QED) is 0.313. The van der Waals surface area contributed by atoms with E-state index in [0.29, 0.717) is 29.6 Å². The Morgan fingerprint density at radius 1 is 1.14 bits per heavy atom. The summed E-state index contributed by atoms with van der Waals surface area (Å²) in [4.78, 5) is 37.9. The Kier molecular flexibility index (Phi) is 8.95. The zero-order valence-electron chi connectivity index (χ0n) is 25.0. The van der Waals surface area contributed by atoms with Crippen LogP contribution < -0.4 is 20.1 Å². The van der Waals surface area contributed by atoms with Crippen molar-refractivity contribution in [2.24, 2.45) is 0 Å². The number of nitrogens with zero attached hydrogens (tertiary/aromatic N) is 4. The first-order chi connectivity index (χ1) is 21.0. The van der Waals surface area contributed by atoms with Gasteiger partial charge in [-0.15, -0.1) is 0 Å². The predicted molar refractivity (Wildman–Crippen MR) is 158 cm³/mol. The van der Waals surface area contributed by atoms with Crippen LogP contribution in [0.1, 0.15) is 71.0 Å². The van der Waals surface area contributed by atoms with Crippen molar-refractivity contribution >= 4 is 23.5 Å². The van der Waals surface area contributed by atoms with Crippen molar-refractivity contribution in [3.05, 3.63) is 64.8 Å². The Morgan fingerprint density at radius 2 is 1.89 bits per heavy atom. The standard InChI is InChI=1S/C31H35F3N6O4/c1-5-13-40-18(2)21-7-6-8-24(26(21)29(40)42)44-28-22(31(32,33)34)17-35-30(38-28)37-23-10-9-19(16-25(23)43-4)27(41)36-20-11-14-39(3)15-12-20/h6-10,16-18,20H,5,11-15H2,1-4H3,(H,36,41)(H,35,37,38)/t18-/m0/s1. The van der Waals surface area contributed by atoms with Crippen LogP contribution in [0.15, 0.2) is 42.6 Å². The van der Waals surface area contributed by atoms with Gasteiger partial charge in [0, 0.05) is 24.3 Å². The number of hydrogen-bond donors (Lipinski definition) is 2. The van der Waals surface area contributed by atoms with Crippen molar-refractivity contribution < 1.29 is 32.2 Å². The van der Waals surface area contributed by atoms with E-state index in [1.807, 2.05) is 20.9 Å². The third-order valence-electron chi connectivity index (χ3n) is 7.95. The molecule has 3 heterocycles. The van der Waals surface area contributed by atoms with E-state index in [0.717, 1.165) is 32.4 Å². The number of carbonyl (C=O) groups excluding carboxylic acids is 2. The van der Waals surface area contributed by atoms with Gasteiger partial charge in [-0.2, -0.15) is 18.2 Å². The van der Waals surface area contributed by atoms with Gasteiger partial charge in [-0.1, -0.05) is 19.1 Å². The van der Waals surface area contributed by atoms with Crippen LogP contribution in [0.4, 0.5) is 24.8 Å². The second-order valence-electron chi connectivity index (χ2n) is 11.0. The molecule has 0 saturated carbocycles. The number of rotatable bonds is 9.